The van der Waals surface area contributed by atoms with Crippen LogP contribution in [0.2, 0.25) is 0 Å². The summed E-state index contributed by atoms with van der Waals surface area (Å²) in [5.41, 5.74) is 8.76. The normalized spacial score (nSPS) is 12.8. The second-order valence-electron chi connectivity index (χ2n) is 10.2. The first-order chi connectivity index (χ1) is 19.8. The van der Waals surface area contributed by atoms with Crippen LogP contribution in [0.1, 0.15) is 0 Å². The SMILES string of the molecule is c1ccc(-n2c3ccccc3c3cc(-c4ccc5c(c4)Oc4cccc6c4N5c4ccccc4O6)ccc32)cc1. The smallest absolute Gasteiger partial charge is 0.155 e. The lowest BCUT2D eigenvalue weighted by molar-refractivity contribution is 0.446. The molecule has 0 unspecified atom stereocenters. The number of fused-ring (bicyclic) bond motifs is 7. The molecule has 0 aliphatic carbocycles. The van der Waals surface area contributed by atoms with Crippen molar-refractivity contribution in [1.29, 1.82) is 0 Å². The van der Waals surface area contributed by atoms with Gasteiger partial charge < -0.3 is 14.0 Å². The van der Waals surface area contributed by atoms with Crippen LogP contribution in [0.15, 0.2) is 133 Å². The molecule has 188 valence electrons. The fourth-order valence-corrected chi connectivity index (χ4v) is 6.19. The highest BCUT2D eigenvalue weighted by molar-refractivity contribution is 6.10. The van der Waals surface area contributed by atoms with E-state index in [2.05, 4.69) is 107 Å². The number of hydrogen-bond acceptors (Lipinski definition) is 3. The van der Waals surface area contributed by atoms with Crippen LogP contribution in [-0.4, -0.2) is 4.57 Å². The van der Waals surface area contributed by atoms with Crippen LogP contribution >= 0.6 is 0 Å². The number of rotatable bonds is 2. The van der Waals surface area contributed by atoms with Crippen LogP contribution in [-0.2, 0) is 0 Å². The van der Waals surface area contributed by atoms with Gasteiger partial charge in [0, 0.05) is 16.5 Å². The van der Waals surface area contributed by atoms with E-state index in [1.807, 2.05) is 36.4 Å². The van der Waals surface area contributed by atoms with Crippen LogP contribution in [0.25, 0.3) is 38.6 Å². The fourth-order valence-electron chi connectivity index (χ4n) is 6.19. The largest absolute Gasteiger partial charge is 0.453 e. The van der Waals surface area contributed by atoms with Gasteiger partial charge >= 0.3 is 0 Å². The zero-order valence-electron chi connectivity index (χ0n) is 21.4. The van der Waals surface area contributed by atoms with Gasteiger partial charge in [0.15, 0.2) is 23.0 Å². The molecule has 0 saturated carbocycles. The molecule has 2 aliphatic heterocycles. The second kappa shape index (κ2) is 8.01. The molecule has 0 N–H and O–H groups in total. The molecule has 0 bridgehead atoms. The van der Waals surface area contributed by atoms with Crippen molar-refractivity contribution >= 4 is 38.9 Å². The number of anilines is 3. The van der Waals surface area contributed by atoms with Gasteiger partial charge in [-0.3, -0.25) is 4.90 Å². The van der Waals surface area contributed by atoms with E-state index < -0.39 is 0 Å². The Balaban J connectivity index is 1.21. The molecule has 7 aromatic rings. The number of benzene rings is 6. The molecule has 4 nitrogen and oxygen atoms in total. The predicted molar refractivity (Wildman–Crippen MR) is 161 cm³/mol. The zero-order chi connectivity index (χ0) is 26.2. The van der Waals surface area contributed by atoms with Crippen molar-refractivity contribution in [2.24, 2.45) is 0 Å². The van der Waals surface area contributed by atoms with E-state index >= 15 is 0 Å². The van der Waals surface area contributed by atoms with Crippen molar-refractivity contribution in [3.63, 3.8) is 0 Å². The van der Waals surface area contributed by atoms with Crippen molar-refractivity contribution in [3.8, 4) is 39.8 Å². The monoisotopic (exact) mass is 514 g/mol. The third-order valence-corrected chi connectivity index (χ3v) is 7.95. The number of para-hydroxylation sites is 5. The van der Waals surface area contributed by atoms with Gasteiger partial charge in [-0.1, -0.05) is 66.7 Å². The third kappa shape index (κ3) is 2.96. The Kier molecular flexibility index (Phi) is 4.30. The molecule has 2 aliphatic rings. The van der Waals surface area contributed by atoms with Crippen LogP contribution in [0, 0.1) is 0 Å². The van der Waals surface area contributed by atoms with Crippen molar-refractivity contribution in [3.05, 3.63) is 133 Å². The molecule has 3 heterocycles. The summed E-state index contributed by atoms with van der Waals surface area (Å²) in [5, 5.41) is 2.47. The zero-order valence-corrected chi connectivity index (χ0v) is 21.4. The van der Waals surface area contributed by atoms with Gasteiger partial charge in [0.05, 0.1) is 22.4 Å². The molecule has 40 heavy (non-hydrogen) atoms. The number of hydrogen-bond donors (Lipinski definition) is 0. The summed E-state index contributed by atoms with van der Waals surface area (Å²) in [6.07, 6.45) is 0. The summed E-state index contributed by atoms with van der Waals surface area (Å²) in [6.45, 7) is 0. The van der Waals surface area contributed by atoms with E-state index in [-0.39, 0.29) is 0 Å². The van der Waals surface area contributed by atoms with Gasteiger partial charge in [-0.25, -0.2) is 0 Å². The van der Waals surface area contributed by atoms with Gasteiger partial charge in [-0.2, -0.15) is 0 Å². The Hall–Kier alpha value is -5.48. The average molecular weight is 515 g/mol. The minimum atomic E-state index is 0.790. The molecule has 6 aromatic carbocycles. The Morgan fingerprint density at radius 1 is 0.425 bits per heavy atom. The highest BCUT2D eigenvalue weighted by Crippen LogP contribution is 2.59. The average Bonchev–Trinajstić information content (AvgIpc) is 3.35. The van der Waals surface area contributed by atoms with E-state index in [0.717, 1.165) is 56.9 Å². The van der Waals surface area contributed by atoms with Crippen molar-refractivity contribution in [2.45, 2.75) is 0 Å². The minimum absolute atomic E-state index is 0.790. The van der Waals surface area contributed by atoms with E-state index in [0.29, 0.717) is 0 Å². The summed E-state index contributed by atoms with van der Waals surface area (Å²) < 4.78 is 15.1. The lowest BCUT2D eigenvalue weighted by Crippen LogP contribution is -2.20. The summed E-state index contributed by atoms with van der Waals surface area (Å²) >= 11 is 0. The van der Waals surface area contributed by atoms with E-state index in [1.165, 1.54) is 21.8 Å². The van der Waals surface area contributed by atoms with Crippen molar-refractivity contribution < 1.29 is 9.47 Å². The maximum absolute atomic E-state index is 6.50. The van der Waals surface area contributed by atoms with Gasteiger partial charge in [0.2, 0.25) is 0 Å². The predicted octanol–water partition coefficient (Wildman–Crippen LogP) is 10.1. The first-order valence-corrected chi connectivity index (χ1v) is 13.4. The maximum atomic E-state index is 6.50. The quantitative estimate of drug-likeness (QED) is 0.230. The third-order valence-electron chi connectivity index (χ3n) is 7.95. The molecular formula is C36H22N2O2. The summed E-state index contributed by atoms with van der Waals surface area (Å²) in [4.78, 5) is 2.25. The van der Waals surface area contributed by atoms with Gasteiger partial charge in [0.25, 0.3) is 0 Å². The molecule has 4 heteroatoms. The molecule has 0 atom stereocenters. The molecule has 0 amide bonds. The first kappa shape index (κ1) is 21.5. The van der Waals surface area contributed by atoms with E-state index in [4.69, 9.17) is 9.47 Å². The van der Waals surface area contributed by atoms with Gasteiger partial charge in [0.1, 0.15) is 5.69 Å². The standard InChI is InChI=1S/C36H22N2O2/c1-2-9-25(10-3-1)37-28-12-5-4-11-26(28)27-21-23(17-19-29(27)37)24-18-20-31-35(22-24)40-34-16-8-15-33-36(34)38(31)30-13-6-7-14-32(30)39-33/h1-22H. The summed E-state index contributed by atoms with van der Waals surface area (Å²) in [5.74, 6) is 3.25. The highest BCUT2D eigenvalue weighted by atomic mass is 16.5. The van der Waals surface area contributed by atoms with Gasteiger partial charge in [-0.05, 0) is 77.9 Å². The van der Waals surface area contributed by atoms with Crippen LogP contribution in [0.5, 0.6) is 23.0 Å². The highest BCUT2D eigenvalue weighted by Gasteiger charge is 2.34. The van der Waals surface area contributed by atoms with Crippen molar-refractivity contribution in [2.75, 3.05) is 4.90 Å². The Labute approximate surface area is 230 Å². The number of ether oxygens (including phenoxy) is 2. The van der Waals surface area contributed by atoms with Gasteiger partial charge in [-0.15, -0.1) is 0 Å². The molecule has 0 spiro atoms. The molecule has 0 fully saturated rings. The first-order valence-electron chi connectivity index (χ1n) is 13.4. The summed E-state index contributed by atoms with van der Waals surface area (Å²) in [6, 6.07) is 46.5. The van der Waals surface area contributed by atoms with E-state index in [9.17, 15) is 0 Å². The number of nitrogens with zero attached hydrogens (tertiary/aromatic N) is 2. The van der Waals surface area contributed by atoms with Crippen LogP contribution in [0.4, 0.5) is 17.1 Å². The minimum Gasteiger partial charge on any atom is -0.453 e. The molecule has 9 rings (SSSR count). The van der Waals surface area contributed by atoms with Crippen molar-refractivity contribution in [1.82, 2.24) is 4.57 Å². The Morgan fingerprint density at radius 2 is 1.07 bits per heavy atom. The van der Waals surface area contributed by atoms with Crippen LogP contribution < -0.4 is 14.4 Å². The van der Waals surface area contributed by atoms with Crippen LogP contribution in [0.3, 0.4) is 0 Å². The number of aromatic nitrogens is 1. The summed E-state index contributed by atoms with van der Waals surface area (Å²) in [7, 11) is 0. The Bertz CT molecular complexity index is 2130. The molecule has 1 aromatic heterocycles. The fraction of sp³-hybridized carbons (Fsp3) is 0. The molecular weight excluding hydrogens is 492 g/mol. The lowest BCUT2D eigenvalue weighted by atomic mass is 10.0. The molecule has 0 saturated heterocycles. The molecule has 0 radical (unpaired) electrons. The van der Waals surface area contributed by atoms with E-state index in [1.54, 1.807) is 0 Å². The topological polar surface area (TPSA) is 26.6 Å². The Morgan fingerprint density at radius 3 is 1.98 bits per heavy atom. The second-order valence-corrected chi connectivity index (χ2v) is 10.2. The lowest BCUT2D eigenvalue weighted by Gasteiger charge is -2.37. The maximum Gasteiger partial charge on any atom is 0.155 e.